The Kier molecular flexibility index (Phi) is 9.69. The van der Waals surface area contributed by atoms with Crippen LogP contribution in [0.25, 0.3) is 0 Å². The third kappa shape index (κ3) is 7.83. The van der Waals surface area contributed by atoms with E-state index in [1.807, 2.05) is 17.9 Å². The highest BCUT2D eigenvalue weighted by Gasteiger charge is 2.28. The van der Waals surface area contributed by atoms with Crippen molar-refractivity contribution in [3.63, 3.8) is 0 Å². The summed E-state index contributed by atoms with van der Waals surface area (Å²) in [6.45, 7) is 6.13. The zero-order valence-electron chi connectivity index (χ0n) is 17.1. The predicted octanol–water partition coefficient (Wildman–Crippen LogP) is 2.01. The summed E-state index contributed by atoms with van der Waals surface area (Å²) in [5, 5.41) is 9.43. The number of rotatable bonds is 9. The zero-order chi connectivity index (χ0) is 19.8. The standard InChI is InChI=1S/C21H31N5O2.HI/c1-2-22-21(24-11-10-23-20(28)18-8-9-18)25-14-16-5-3-6-17(13-16)15-26-12-4-7-19(26)27;/h3,5-6,13,18H,2,4,7-12,14-15H2,1H3,(H,23,28)(H2,22,24,25);1H. The average molecular weight is 513 g/mol. The van der Waals surface area contributed by atoms with Gasteiger partial charge in [-0.05, 0) is 37.3 Å². The molecular formula is C21H32IN5O2. The lowest BCUT2D eigenvalue weighted by molar-refractivity contribution is -0.128. The van der Waals surface area contributed by atoms with Crippen molar-refractivity contribution in [1.29, 1.82) is 0 Å². The van der Waals surface area contributed by atoms with E-state index in [0.717, 1.165) is 49.4 Å². The van der Waals surface area contributed by atoms with Gasteiger partial charge < -0.3 is 20.9 Å². The molecule has 2 aliphatic rings. The van der Waals surface area contributed by atoms with Crippen LogP contribution in [-0.4, -0.2) is 48.9 Å². The van der Waals surface area contributed by atoms with Gasteiger partial charge in [0.15, 0.2) is 5.96 Å². The van der Waals surface area contributed by atoms with Gasteiger partial charge in [0.05, 0.1) is 6.54 Å². The number of hydrogen-bond acceptors (Lipinski definition) is 3. The summed E-state index contributed by atoms with van der Waals surface area (Å²) in [6, 6.07) is 8.26. The molecule has 0 unspecified atom stereocenters. The Morgan fingerprint density at radius 2 is 1.93 bits per heavy atom. The summed E-state index contributed by atoms with van der Waals surface area (Å²) in [5.74, 6) is 1.39. The molecule has 8 heteroatoms. The molecule has 1 aromatic carbocycles. The number of hydrogen-bond donors (Lipinski definition) is 3. The maximum Gasteiger partial charge on any atom is 0.223 e. The number of guanidine groups is 1. The number of carbonyl (C=O) groups excluding carboxylic acids is 2. The van der Waals surface area contributed by atoms with Crippen molar-refractivity contribution in [3.8, 4) is 0 Å². The molecule has 1 aromatic rings. The molecule has 1 saturated carbocycles. The Bertz CT molecular complexity index is 721. The Hall–Kier alpha value is -1.84. The normalized spacial score (nSPS) is 16.4. The number of likely N-dealkylation sites (tertiary alicyclic amines) is 1. The highest BCUT2D eigenvalue weighted by Crippen LogP contribution is 2.28. The van der Waals surface area contributed by atoms with Crippen molar-refractivity contribution in [3.05, 3.63) is 35.4 Å². The van der Waals surface area contributed by atoms with Crippen molar-refractivity contribution >= 4 is 41.8 Å². The van der Waals surface area contributed by atoms with Gasteiger partial charge in [-0.25, -0.2) is 4.99 Å². The van der Waals surface area contributed by atoms with Crippen molar-refractivity contribution in [2.24, 2.45) is 10.9 Å². The third-order valence-corrected chi connectivity index (χ3v) is 4.96. The molecule has 29 heavy (non-hydrogen) atoms. The molecular weight excluding hydrogens is 481 g/mol. The van der Waals surface area contributed by atoms with Gasteiger partial charge in [-0.1, -0.05) is 24.3 Å². The summed E-state index contributed by atoms with van der Waals surface area (Å²) in [4.78, 5) is 30.0. The predicted molar refractivity (Wildman–Crippen MR) is 125 cm³/mol. The average Bonchev–Trinajstić information content (AvgIpc) is 3.47. The van der Waals surface area contributed by atoms with E-state index in [2.05, 4.69) is 39.1 Å². The number of nitrogens with one attached hydrogen (secondary N) is 3. The molecule has 2 fully saturated rings. The maximum absolute atomic E-state index is 11.8. The number of aliphatic imine (C=N–C) groups is 1. The van der Waals surface area contributed by atoms with E-state index in [-0.39, 0.29) is 41.7 Å². The maximum atomic E-state index is 11.8. The molecule has 0 atom stereocenters. The van der Waals surface area contributed by atoms with Gasteiger partial charge in [-0.3, -0.25) is 9.59 Å². The van der Waals surface area contributed by atoms with Crippen molar-refractivity contribution in [2.75, 3.05) is 26.2 Å². The smallest absolute Gasteiger partial charge is 0.223 e. The van der Waals surface area contributed by atoms with E-state index >= 15 is 0 Å². The number of amides is 2. The molecule has 7 nitrogen and oxygen atoms in total. The molecule has 160 valence electrons. The lowest BCUT2D eigenvalue weighted by Gasteiger charge is -2.16. The van der Waals surface area contributed by atoms with Gasteiger partial charge in [0.25, 0.3) is 0 Å². The van der Waals surface area contributed by atoms with Gasteiger partial charge in [-0.2, -0.15) is 0 Å². The first-order valence-corrected chi connectivity index (χ1v) is 10.3. The molecule has 3 N–H and O–H groups in total. The van der Waals surface area contributed by atoms with E-state index in [4.69, 9.17) is 0 Å². The Morgan fingerprint density at radius 1 is 1.17 bits per heavy atom. The first kappa shape index (κ1) is 23.4. The molecule has 3 rings (SSSR count). The molecule has 2 amide bonds. The van der Waals surface area contributed by atoms with E-state index in [0.29, 0.717) is 32.6 Å². The highest BCUT2D eigenvalue weighted by molar-refractivity contribution is 14.0. The lowest BCUT2D eigenvalue weighted by atomic mass is 10.1. The summed E-state index contributed by atoms with van der Waals surface area (Å²) >= 11 is 0. The van der Waals surface area contributed by atoms with Crippen LogP contribution in [0.1, 0.15) is 43.7 Å². The van der Waals surface area contributed by atoms with Gasteiger partial charge in [0.1, 0.15) is 0 Å². The fourth-order valence-electron chi connectivity index (χ4n) is 3.29. The van der Waals surface area contributed by atoms with Crippen LogP contribution in [0.4, 0.5) is 0 Å². The number of halogens is 1. The highest BCUT2D eigenvalue weighted by atomic mass is 127. The van der Waals surface area contributed by atoms with Crippen LogP contribution < -0.4 is 16.0 Å². The first-order chi connectivity index (χ1) is 13.7. The Labute approximate surface area is 190 Å². The molecule has 1 aliphatic carbocycles. The summed E-state index contributed by atoms with van der Waals surface area (Å²) in [7, 11) is 0. The van der Waals surface area contributed by atoms with Crippen LogP contribution in [-0.2, 0) is 22.7 Å². The topological polar surface area (TPSA) is 85.8 Å². The largest absolute Gasteiger partial charge is 0.357 e. The fraction of sp³-hybridized carbons (Fsp3) is 0.571. The van der Waals surface area contributed by atoms with Crippen LogP contribution in [0.15, 0.2) is 29.3 Å². The first-order valence-electron chi connectivity index (χ1n) is 10.3. The monoisotopic (exact) mass is 513 g/mol. The molecule has 1 aliphatic heterocycles. The van der Waals surface area contributed by atoms with Crippen LogP contribution in [0, 0.1) is 5.92 Å². The van der Waals surface area contributed by atoms with E-state index in [1.165, 1.54) is 0 Å². The van der Waals surface area contributed by atoms with E-state index < -0.39 is 0 Å². The molecule has 1 heterocycles. The minimum atomic E-state index is 0. The van der Waals surface area contributed by atoms with Gasteiger partial charge in [-0.15, -0.1) is 24.0 Å². The molecule has 0 bridgehead atoms. The van der Waals surface area contributed by atoms with Crippen LogP contribution in [0.3, 0.4) is 0 Å². The second-order valence-electron chi connectivity index (χ2n) is 7.43. The summed E-state index contributed by atoms with van der Waals surface area (Å²) in [5.41, 5.74) is 2.26. The van der Waals surface area contributed by atoms with Crippen molar-refractivity contribution < 1.29 is 9.59 Å². The van der Waals surface area contributed by atoms with Crippen LogP contribution >= 0.6 is 24.0 Å². The number of carbonyl (C=O) groups is 2. The Balaban J connectivity index is 0.00000300. The van der Waals surface area contributed by atoms with E-state index in [1.54, 1.807) is 0 Å². The van der Waals surface area contributed by atoms with Crippen molar-refractivity contribution in [2.45, 2.75) is 45.7 Å². The molecule has 0 radical (unpaired) electrons. The van der Waals surface area contributed by atoms with Gasteiger partial charge in [0, 0.05) is 45.1 Å². The number of benzene rings is 1. The SMILES string of the molecule is CCNC(=NCc1cccc(CN2CCCC2=O)c1)NCCNC(=O)C1CC1.I. The summed E-state index contributed by atoms with van der Waals surface area (Å²) < 4.78 is 0. The lowest BCUT2D eigenvalue weighted by Crippen LogP contribution is -2.41. The molecule has 0 spiro atoms. The van der Waals surface area contributed by atoms with Gasteiger partial charge >= 0.3 is 0 Å². The van der Waals surface area contributed by atoms with E-state index in [9.17, 15) is 9.59 Å². The third-order valence-electron chi connectivity index (χ3n) is 4.96. The van der Waals surface area contributed by atoms with Crippen LogP contribution in [0.5, 0.6) is 0 Å². The fourth-order valence-corrected chi connectivity index (χ4v) is 3.29. The quantitative estimate of drug-likeness (QED) is 0.204. The summed E-state index contributed by atoms with van der Waals surface area (Å²) in [6.07, 6.45) is 3.67. The minimum absolute atomic E-state index is 0. The van der Waals surface area contributed by atoms with Crippen LogP contribution in [0.2, 0.25) is 0 Å². The zero-order valence-corrected chi connectivity index (χ0v) is 19.4. The number of nitrogens with zero attached hydrogens (tertiary/aromatic N) is 2. The van der Waals surface area contributed by atoms with Crippen molar-refractivity contribution in [1.82, 2.24) is 20.9 Å². The van der Waals surface area contributed by atoms with Gasteiger partial charge in [0.2, 0.25) is 11.8 Å². The second kappa shape index (κ2) is 12.0. The molecule has 1 saturated heterocycles. The Morgan fingerprint density at radius 3 is 2.62 bits per heavy atom. The second-order valence-corrected chi connectivity index (χ2v) is 7.43. The molecule has 0 aromatic heterocycles. The minimum Gasteiger partial charge on any atom is -0.357 e.